The summed E-state index contributed by atoms with van der Waals surface area (Å²) in [7, 11) is 1.33. The Hall–Kier alpha value is -1.65. The largest absolute Gasteiger partial charge is 0.464 e. The number of rotatable bonds is 4. The summed E-state index contributed by atoms with van der Waals surface area (Å²) >= 11 is 0. The number of nitrogens with zero attached hydrogens (tertiary/aromatic N) is 2. The number of ether oxygens (including phenoxy) is 1. The van der Waals surface area contributed by atoms with Gasteiger partial charge in [-0.25, -0.2) is 9.78 Å². The first-order valence-electron chi connectivity index (χ1n) is 5.71. The number of nitrogens with one attached hydrogen (secondary N) is 1. The summed E-state index contributed by atoms with van der Waals surface area (Å²) in [6.45, 7) is 4.27. The van der Waals surface area contributed by atoms with Crippen LogP contribution < -0.4 is 5.32 Å². The fourth-order valence-corrected chi connectivity index (χ4v) is 1.87. The molecular weight excluding hydrogens is 218 g/mol. The van der Waals surface area contributed by atoms with Crippen LogP contribution in [0.2, 0.25) is 0 Å². The van der Waals surface area contributed by atoms with Gasteiger partial charge in [0.2, 0.25) is 0 Å². The van der Waals surface area contributed by atoms with Crippen molar-refractivity contribution in [1.29, 1.82) is 0 Å². The molecule has 0 radical (unpaired) electrons. The van der Waals surface area contributed by atoms with Crippen molar-refractivity contribution in [1.82, 2.24) is 9.97 Å². The van der Waals surface area contributed by atoms with Gasteiger partial charge in [0.05, 0.1) is 19.5 Å². The third-order valence-electron chi connectivity index (χ3n) is 3.08. The summed E-state index contributed by atoms with van der Waals surface area (Å²) < 4.78 is 4.61. The van der Waals surface area contributed by atoms with Crippen LogP contribution in [0.15, 0.2) is 12.4 Å². The Morgan fingerprint density at radius 1 is 1.47 bits per heavy atom. The highest BCUT2D eigenvalue weighted by Crippen LogP contribution is 2.40. The molecule has 0 saturated heterocycles. The highest BCUT2D eigenvalue weighted by atomic mass is 16.5. The second-order valence-electron chi connectivity index (χ2n) is 4.90. The van der Waals surface area contributed by atoms with E-state index in [1.165, 1.54) is 26.1 Å². The number of esters is 1. The van der Waals surface area contributed by atoms with Crippen LogP contribution in [-0.2, 0) is 4.74 Å². The van der Waals surface area contributed by atoms with E-state index in [4.69, 9.17) is 0 Å². The van der Waals surface area contributed by atoms with Crippen LogP contribution in [0, 0.1) is 5.92 Å². The van der Waals surface area contributed by atoms with Crippen LogP contribution >= 0.6 is 0 Å². The van der Waals surface area contributed by atoms with Crippen molar-refractivity contribution in [3.05, 3.63) is 18.1 Å². The topological polar surface area (TPSA) is 64.1 Å². The average Bonchev–Trinajstić information content (AvgIpc) is 3.11. The SMILES string of the molecule is COC(=O)c1cncc(NC(C)(C)C2CC2)n1. The third kappa shape index (κ3) is 2.72. The molecule has 5 heteroatoms. The van der Waals surface area contributed by atoms with E-state index < -0.39 is 5.97 Å². The maximum Gasteiger partial charge on any atom is 0.358 e. The Balaban J connectivity index is 2.13. The van der Waals surface area contributed by atoms with E-state index in [0.29, 0.717) is 11.7 Å². The van der Waals surface area contributed by atoms with Gasteiger partial charge in [-0.05, 0) is 32.6 Å². The number of hydrogen-bond donors (Lipinski definition) is 1. The predicted octanol–water partition coefficient (Wildman–Crippen LogP) is 1.86. The van der Waals surface area contributed by atoms with Gasteiger partial charge in [0.25, 0.3) is 0 Å². The van der Waals surface area contributed by atoms with E-state index >= 15 is 0 Å². The minimum Gasteiger partial charge on any atom is -0.464 e. The van der Waals surface area contributed by atoms with Crippen LogP contribution in [0.25, 0.3) is 0 Å². The lowest BCUT2D eigenvalue weighted by Crippen LogP contribution is -2.33. The fourth-order valence-electron chi connectivity index (χ4n) is 1.87. The van der Waals surface area contributed by atoms with Crippen molar-refractivity contribution in [2.75, 3.05) is 12.4 Å². The minimum atomic E-state index is -0.467. The van der Waals surface area contributed by atoms with Crippen molar-refractivity contribution >= 4 is 11.8 Å². The quantitative estimate of drug-likeness (QED) is 0.807. The lowest BCUT2D eigenvalue weighted by molar-refractivity contribution is 0.0593. The second kappa shape index (κ2) is 4.31. The lowest BCUT2D eigenvalue weighted by atomic mass is 9.99. The molecule has 2 rings (SSSR count). The van der Waals surface area contributed by atoms with Crippen molar-refractivity contribution in [3.8, 4) is 0 Å². The van der Waals surface area contributed by atoms with Crippen molar-refractivity contribution in [3.63, 3.8) is 0 Å². The van der Waals surface area contributed by atoms with E-state index in [-0.39, 0.29) is 11.2 Å². The molecule has 1 aliphatic rings. The van der Waals surface area contributed by atoms with Crippen molar-refractivity contribution < 1.29 is 9.53 Å². The summed E-state index contributed by atoms with van der Waals surface area (Å²) in [6, 6.07) is 0. The standard InChI is InChI=1S/C12H17N3O2/c1-12(2,8-4-5-8)15-10-7-13-6-9(14-10)11(16)17-3/h6-8H,4-5H2,1-3H3,(H,14,15). The van der Waals surface area contributed by atoms with Crippen LogP contribution in [0.4, 0.5) is 5.82 Å². The first-order valence-corrected chi connectivity index (χ1v) is 5.71. The smallest absolute Gasteiger partial charge is 0.358 e. The van der Waals surface area contributed by atoms with Gasteiger partial charge in [-0.15, -0.1) is 0 Å². The molecule has 0 aliphatic heterocycles. The van der Waals surface area contributed by atoms with E-state index in [0.717, 1.165) is 0 Å². The van der Waals surface area contributed by atoms with Crippen molar-refractivity contribution in [2.24, 2.45) is 5.92 Å². The molecule has 0 amide bonds. The molecule has 0 aromatic carbocycles. The number of carbonyl (C=O) groups excluding carboxylic acids is 1. The second-order valence-corrected chi connectivity index (χ2v) is 4.90. The number of hydrogen-bond acceptors (Lipinski definition) is 5. The van der Waals surface area contributed by atoms with Gasteiger partial charge in [0, 0.05) is 5.54 Å². The molecule has 1 aliphatic carbocycles. The average molecular weight is 235 g/mol. The number of carbonyl (C=O) groups is 1. The third-order valence-corrected chi connectivity index (χ3v) is 3.08. The van der Waals surface area contributed by atoms with Crippen LogP contribution in [0.1, 0.15) is 37.2 Å². The molecule has 0 spiro atoms. The van der Waals surface area contributed by atoms with E-state index in [1.807, 2.05) is 0 Å². The summed E-state index contributed by atoms with van der Waals surface area (Å²) in [5, 5.41) is 3.32. The molecular formula is C12H17N3O2. The molecule has 92 valence electrons. The predicted molar refractivity (Wildman–Crippen MR) is 63.8 cm³/mol. The van der Waals surface area contributed by atoms with E-state index in [1.54, 1.807) is 6.20 Å². The molecule has 1 aromatic heterocycles. The highest BCUT2D eigenvalue weighted by molar-refractivity contribution is 5.87. The molecule has 0 unspecified atom stereocenters. The monoisotopic (exact) mass is 235 g/mol. The lowest BCUT2D eigenvalue weighted by Gasteiger charge is -2.26. The summed E-state index contributed by atoms with van der Waals surface area (Å²) in [4.78, 5) is 19.5. The van der Waals surface area contributed by atoms with E-state index in [2.05, 4.69) is 33.9 Å². The Kier molecular flexibility index (Phi) is 3.00. The first-order chi connectivity index (χ1) is 8.03. The Morgan fingerprint density at radius 2 is 2.18 bits per heavy atom. The maximum atomic E-state index is 11.3. The summed E-state index contributed by atoms with van der Waals surface area (Å²) in [5.74, 6) is 0.821. The van der Waals surface area contributed by atoms with Gasteiger partial charge < -0.3 is 10.1 Å². The molecule has 1 heterocycles. The molecule has 0 atom stereocenters. The van der Waals surface area contributed by atoms with Crippen LogP contribution in [0.5, 0.6) is 0 Å². The number of aromatic nitrogens is 2. The molecule has 1 aromatic rings. The minimum absolute atomic E-state index is 0.0105. The molecule has 17 heavy (non-hydrogen) atoms. The van der Waals surface area contributed by atoms with Gasteiger partial charge in [-0.1, -0.05) is 0 Å². The zero-order chi connectivity index (χ0) is 12.5. The summed E-state index contributed by atoms with van der Waals surface area (Å²) in [5.41, 5.74) is 0.216. The number of methoxy groups -OCH3 is 1. The van der Waals surface area contributed by atoms with Gasteiger partial charge in [0.15, 0.2) is 5.69 Å². The van der Waals surface area contributed by atoms with Crippen LogP contribution in [-0.4, -0.2) is 28.6 Å². The molecule has 1 fully saturated rings. The molecule has 1 saturated carbocycles. The number of anilines is 1. The van der Waals surface area contributed by atoms with Crippen LogP contribution in [0.3, 0.4) is 0 Å². The molecule has 1 N–H and O–H groups in total. The van der Waals surface area contributed by atoms with Gasteiger partial charge in [-0.3, -0.25) is 4.98 Å². The van der Waals surface area contributed by atoms with Gasteiger partial charge >= 0.3 is 5.97 Å². The Morgan fingerprint density at radius 3 is 2.76 bits per heavy atom. The zero-order valence-electron chi connectivity index (χ0n) is 10.4. The summed E-state index contributed by atoms with van der Waals surface area (Å²) in [6.07, 6.45) is 5.51. The Bertz CT molecular complexity index is 428. The van der Waals surface area contributed by atoms with E-state index in [9.17, 15) is 4.79 Å². The normalized spacial score (nSPS) is 15.5. The fraction of sp³-hybridized carbons (Fsp3) is 0.583. The Labute approximate surface area is 101 Å². The highest BCUT2D eigenvalue weighted by Gasteiger charge is 2.37. The maximum absolute atomic E-state index is 11.3. The first kappa shape index (κ1) is 11.8. The molecule has 0 bridgehead atoms. The molecule has 5 nitrogen and oxygen atoms in total. The van der Waals surface area contributed by atoms with Gasteiger partial charge in [0.1, 0.15) is 5.82 Å². The zero-order valence-corrected chi connectivity index (χ0v) is 10.4. The van der Waals surface area contributed by atoms with Gasteiger partial charge in [-0.2, -0.15) is 0 Å². The van der Waals surface area contributed by atoms with Crippen molar-refractivity contribution in [2.45, 2.75) is 32.2 Å².